The molecule has 3 nitrogen and oxygen atoms in total. The molecule has 0 fully saturated rings. The van der Waals surface area contributed by atoms with Gasteiger partial charge in [-0.05, 0) is 19.9 Å². The average Bonchev–Trinajstić information content (AvgIpc) is 2.74. The van der Waals surface area contributed by atoms with Gasteiger partial charge in [-0.25, -0.2) is 0 Å². The molecule has 0 aromatic carbocycles. The second-order valence-electron chi connectivity index (χ2n) is 2.90. The summed E-state index contributed by atoms with van der Waals surface area (Å²) in [6.07, 6.45) is 0. The van der Waals surface area contributed by atoms with Crippen LogP contribution in [0.15, 0.2) is 11.4 Å². The summed E-state index contributed by atoms with van der Waals surface area (Å²) in [6.45, 7) is 5.03. The van der Waals surface area contributed by atoms with Crippen molar-refractivity contribution in [3.05, 3.63) is 16.3 Å². The number of hydrogen-bond acceptors (Lipinski definition) is 5. The minimum atomic E-state index is 0.829. The van der Waals surface area contributed by atoms with Gasteiger partial charge >= 0.3 is 0 Å². The van der Waals surface area contributed by atoms with Crippen molar-refractivity contribution >= 4 is 28.0 Å². The first kappa shape index (κ1) is 9.61. The molecule has 0 radical (unpaired) electrons. The zero-order valence-electron chi connectivity index (χ0n) is 8.07. The molecule has 2 heterocycles. The predicted molar refractivity (Wildman–Crippen MR) is 62.1 cm³/mol. The first-order valence-electron chi connectivity index (χ1n) is 4.42. The number of aromatic nitrogens is 2. The van der Waals surface area contributed by atoms with Crippen molar-refractivity contribution in [1.29, 1.82) is 0 Å². The number of rotatable bonds is 3. The van der Waals surface area contributed by atoms with Crippen molar-refractivity contribution in [2.75, 3.05) is 11.9 Å². The molecule has 2 rings (SSSR count). The molecule has 0 spiro atoms. The van der Waals surface area contributed by atoms with Crippen molar-refractivity contribution in [3.63, 3.8) is 0 Å². The molecule has 0 atom stereocenters. The summed E-state index contributed by atoms with van der Waals surface area (Å²) in [6, 6.07) is 2.11. The molecule has 2 aromatic rings. The molecule has 0 unspecified atom stereocenters. The van der Waals surface area contributed by atoms with Crippen molar-refractivity contribution in [1.82, 2.24) is 9.36 Å². The van der Waals surface area contributed by atoms with E-state index in [0.717, 1.165) is 23.1 Å². The number of hydrogen-bond donors (Lipinski definition) is 1. The van der Waals surface area contributed by atoms with Gasteiger partial charge in [-0.2, -0.15) is 9.36 Å². The van der Waals surface area contributed by atoms with Crippen molar-refractivity contribution < 1.29 is 0 Å². The van der Waals surface area contributed by atoms with Crippen LogP contribution in [0.2, 0.25) is 0 Å². The average molecular weight is 225 g/mol. The third kappa shape index (κ3) is 1.93. The lowest BCUT2D eigenvalue weighted by atomic mass is 10.3. The number of anilines is 1. The van der Waals surface area contributed by atoms with Gasteiger partial charge < -0.3 is 5.32 Å². The maximum Gasteiger partial charge on any atom is 0.202 e. The Morgan fingerprint density at radius 3 is 3.00 bits per heavy atom. The number of aryl methyl sites for hydroxylation is 1. The summed E-state index contributed by atoms with van der Waals surface area (Å²) in [4.78, 5) is 5.68. The van der Waals surface area contributed by atoms with Gasteiger partial charge in [-0.1, -0.05) is 0 Å². The van der Waals surface area contributed by atoms with Crippen molar-refractivity contribution in [2.24, 2.45) is 0 Å². The molecular weight excluding hydrogens is 214 g/mol. The zero-order chi connectivity index (χ0) is 9.97. The monoisotopic (exact) mass is 225 g/mol. The Morgan fingerprint density at radius 2 is 2.36 bits per heavy atom. The van der Waals surface area contributed by atoms with Crippen molar-refractivity contribution in [3.8, 4) is 11.4 Å². The lowest BCUT2D eigenvalue weighted by molar-refractivity contribution is 1.19. The molecule has 0 amide bonds. The number of nitrogens with zero attached hydrogens (tertiary/aromatic N) is 2. The Labute approximate surface area is 91.0 Å². The highest BCUT2D eigenvalue weighted by atomic mass is 32.1. The van der Waals surface area contributed by atoms with Gasteiger partial charge in [0.2, 0.25) is 5.13 Å². The summed E-state index contributed by atoms with van der Waals surface area (Å²) in [5.41, 5.74) is 1.12. The third-order valence-corrected chi connectivity index (χ3v) is 3.28. The van der Waals surface area contributed by atoms with E-state index in [4.69, 9.17) is 0 Å². The van der Waals surface area contributed by atoms with Crippen LogP contribution in [0.1, 0.15) is 11.8 Å². The summed E-state index contributed by atoms with van der Waals surface area (Å²) in [5, 5.41) is 6.14. The van der Waals surface area contributed by atoms with E-state index in [9.17, 15) is 0 Å². The highest BCUT2D eigenvalue weighted by molar-refractivity contribution is 7.10. The van der Waals surface area contributed by atoms with Crippen LogP contribution >= 0.6 is 22.9 Å². The maximum atomic E-state index is 4.39. The van der Waals surface area contributed by atoms with E-state index in [1.807, 2.05) is 0 Å². The van der Waals surface area contributed by atoms with E-state index in [0.29, 0.717) is 0 Å². The number of nitrogens with one attached hydrogen (secondary N) is 1. The molecule has 5 heteroatoms. The number of thiophene rings is 1. The molecule has 1 N–H and O–H groups in total. The summed E-state index contributed by atoms with van der Waals surface area (Å²) in [7, 11) is 0. The fourth-order valence-electron chi connectivity index (χ4n) is 1.12. The second kappa shape index (κ2) is 4.06. The smallest absolute Gasteiger partial charge is 0.202 e. The topological polar surface area (TPSA) is 37.8 Å². The van der Waals surface area contributed by atoms with Gasteiger partial charge in [-0.3, -0.25) is 0 Å². The van der Waals surface area contributed by atoms with Gasteiger partial charge in [0, 0.05) is 33.9 Å². The summed E-state index contributed by atoms with van der Waals surface area (Å²) < 4.78 is 4.29. The lowest BCUT2D eigenvalue weighted by Crippen LogP contribution is -1.94. The quantitative estimate of drug-likeness (QED) is 0.872. The van der Waals surface area contributed by atoms with Crippen molar-refractivity contribution in [2.45, 2.75) is 13.8 Å². The second-order valence-corrected chi connectivity index (χ2v) is 4.77. The van der Waals surface area contributed by atoms with Crippen LogP contribution in [0, 0.1) is 6.92 Å². The van der Waals surface area contributed by atoms with E-state index >= 15 is 0 Å². The minimum absolute atomic E-state index is 0.829. The largest absolute Gasteiger partial charge is 0.361 e. The highest BCUT2D eigenvalue weighted by Crippen LogP contribution is 2.25. The van der Waals surface area contributed by atoms with Gasteiger partial charge in [0.25, 0.3) is 0 Å². The van der Waals surface area contributed by atoms with Crippen LogP contribution in [0.25, 0.3) is 11.4 Å². The van der Waals surface area contributed by atoms with Crippen LogP contribution in [0.3, 0.4) is 0 Å². The van der Waals surface area contributed by atoms with Crippen LogP contribution in [-0.2, 0) is 0 Å². The molecular formula is C9H11N3S2. The van der Waals surface area contributed by atoms with E-state index in [2.05, 4.69) is 40.0 Å². The molecule has 0 aliphatic rings. The van der Waals surface area contributed by atoms with Crippen LogP contribution in [-0.4, -0.2) is 15.9 Å². The van der Waals surface area contributed by atoms with E-state index < -0.39 is 0 Å². The first-order valence-corrected chi connectivity index (χ1v) is 6.08. The fraction of sp³-hybridized carbons (Fsp3) is 0.333. The lowest BCUT2D eigenvalue weighted by Gasteiger charge is -1.91. The van der Waals surface area contributed by atoms with E-state index in [1.165, 1.54) is 16.4 Å². The Morgan fingerprint density at radius 1 is 1.50 bits per heavy atom. The SMILES string of the molecule is CCNc1nc(-c2csc(C)c2)ns1. The summed E-state index contributed by atoms with van der Waals surface area (Å²) in [5.74, 6) is 0.829. The third-order valence-electron chi connectivity index (χ3n) is 1.74. The van der Waals surface area contributed by atoms with Gasteiger partial charge in [0.1, 0.15) is 0 Å². The Balaban J connectivity index is 2.24. The maximum absolute atomic E-state index is 4.39. The fourth-order valence-corrected chi connectivity index (χ4v) is 2.46. The van der Waals surface area contributed by atoms with Gasteiger partial charge in [0.15, 0.2) is 5.82 Å². The Kier molecular flexibility index (Phi) is 2.79. The molecule has 0 aliphatic heterocycles. The molecule has 74 valence electrons. The van der Waals surface area contributed by atoms with Gasteiger partial charge in [0.05, 0.1) is 0 Å². The molecule has 0 saturated heterocycles. The van der Waals surface area contributed by atoms with Crippen LogP contribution in [0.5, 0.6) is 0 Å². The van der Waals surface area contributed by atoms with E-state index in [-0.39, 0.29) is 0 Å². The Hall–Kier alpha value is -0.940. The highest BCUT2D eigenvalue weighted by Gasteiger charge is 2.06. The minimum Gasteiger partial charge on any atom is -0.361 e. The molecule has 2 aromatic heterocycles. The van der Waals surface area contributed by atoms with Crippen LogP contribution in [0.4, 0.5) is 5.13 Å². The standard InChI is InChI=1S/C9H11N3S2/c1-3-10-9-11-8(12-14-9)7-4-6(2)13-5-7/h4-5H,3H2,1-2H3,(H,10,11,12). The van der Waals surface area contributed by atoms with E-state index in [1.54, 1.807) is 11.3 Å². The molecule has 14 heavy (non-hydrogen) atoms. The molecule has 0 aliphatic carbocycles. The Bertz CT molecular complexity index is 419. The first-order chi connectivity index (χ1) is 6.79. The zero-order valence-corrected chi connectivity index (χ0v) is 9.71. The molecule has 0 saturated carbocycles. The summed E-state index contributed by atoms with van der Waals surface area (Å²) >= 11 is 3.14. The van der Waals surface area contributed by atoms with Gasteiger partial charge in [-0.15, -0.1) is 11.3 Å². The predicted octanol–water partition coefficient (Wildman–Crippen LogP) is 3.01. The normalized spacial score (nSPS) is 10.4. The van der Waals surface area contributed by atoms with Crippen LogP contribution < -0.4 is 5.32 Å². The molecule has 0 bridgehead atoms.